The fourth-order valence-corrected chi connectivity index (χ4v) is 2.24. The molecule has 0 unspecified atom stereocenters. The van der Waals surface area contributed by atoms with Gasteiger partial charge < -0.3 is 14.7 Å². The van der Waals surface area contributed by atoms with E-state index in [1.54, 1.807) is 0 Å². The van der Waals surface area contributed by atoms with Gasteiger partial charge in [-0.05, 0) is 37.7 Å². The Kier molecular flexibility index (Phi) is 2.76. The van der Waals surface area contributed by atoms with Crippen LogP contribution in [0.25, 0.3) is 22.4 Å². The lowest BCUT2D eigenvalue weighted by Gasteiger charge is -1.97. The molecule has 5 nitrogen and oxygen atoms in total. The number of hydrogen-bond acceptors (Lipinski definition) is 3. The summed E-state index contributed by atoms with van der Waals surface area (Å²) in [5, 5.41) is 3.14. The molecule has 3 rings (SSSR count). The summed E-state index contributed by atoms with van der Waals surface area (Å²) in [6.07, 6.45) is 0. The zero-order valence-corrected chi connectivity index (χ0v) is 10.8. The Morgan fingerprint density at radius 3 is 2.89 bits per heavy atom. The van der Waals surface area contributed by atoms with Crippen molar-refractivity contribution in [2.75, 3.05) is 7.05 Å². The Labute approximate surface area is 109 Å². The number of fused-ring (bicyclic) bond motifs is 1. The largest absolute Gasteiger partial charge is 0.417 e. The number of rotatable bonds is 3. The van der Waals surface area contributed by atoms with Crippen LogP contribution < -0.4 is 11.1 Å². The number of hydrogen-bond donors (Lipinski definition) is 3. The van der Waals surface area contributed by atoms with Gasteiger partial charge >= 0.3 is 5.76 Å². The van der Waals surface area contributed by atoms with E-state index in [4.69, 9.17) is 4.42 Å². The highest BCUT2D eigenvalue weighted by Crippen LogP contribution is 2.24. The molecule has 2 heterocycles. The fourth-order valence-electron chi connectivity index (χ4n) is 2.24. The van der Waals surface area contributed by atoms with Crippen LogP contribution in [-0.2, 0) is 6.54 Å². The summed E-state index contributed by atoms with van der Waals surface area (Å²) in [7, 11) is 1.92. The van der Waals surface area contributed by atoms with Gasteiger partial charge in [-0.25, -0.2) is 4.79 Å². The Hall–Kier alpha value is -2.27. The van der Waals surface area contributed by atoms with Crippen LogP contribution in [0.4, 0.5) is 0 Å². The Bertz CT molecular complexity index is 779. The molecule has 3 aromatic rings. The molecular formula is C14H15N3O2. The van der Waals surface area contributed by atoms with Crippen LogP contribution in [0.1, 0.15) is 11.3 Å². The van der Waals surface area contributed by atoms with E-state index in [9.17, 15) is 4.79 Å². The quantitative estimate of drug-likeness (QED) is 0.673. The summed E-state index contributed by atoms with van der Waals surface area (Å²) in [5.74, 6) is -0.425. The maximum absolute atomic E-state index is 11.1. The van der Waals surface area contributed by atoms with Gasteiger partial charge in [0, 0.05) is 23.5 Å². The minimum atomic E-state index is -0.425. The predicted molar refractivity (Wildman–Crippen MR) is 74.1 cm³/mol. The van der Waals surface area contributed by atoms with E-state index in [0.29, 0.717) is 11.1 Å². The van der Waals surface area contributed by atoms with Crippen molar-refractivity contribution in [1.29, 1.82) is 0 Å². The van der Waals surface area contributed by atoms with E-state index in [-0.39, 0.29) is 0 Å². The van der Waals surface area contributed by atoms with Crippen LogP contribution in [0.5, 0.6) is 0 Å². The fraction of sp³-hybridized carbons (Fsp3) is 0.214. The number of oxazole rings is 1. The van der Waals surface area contributed by atoms with Crippen molar-refractivity contribution in [1.82, 2.24) is 15.3 Å². The average Bonchev–Trinajstić information content (AvgIpc) is 2.91. The molecule has 0 aliphatic carbocycles. The van der Waals surface area contributed by atoms with E-state index in [2.05, 4.69) is 21.4 Å². The molecule has 0 aliphatic rings. The highest BCUT2D eigenvalue weighted by Gasteiger charge is 2.08. The molecule has 3 N–H and O–H groups in total. The molecule has 0 atom stereocenters. The second-order valence-electron chi connectivity index (χ2n) is 4.59. The molecular weight excluding hydrogens is 242 g/mol. The van der Waals surface area contributed by atoms with E-state index in [0.717, 1.165) is 23.5 Å². The number of H-pyrrole nitrogens is 2. The first-order valence-electron chi connectivity index (χ1n) is 6.13. The summed E-state index contributed by atoms with van der Waals surface area (Å²) in [6, 6.07) is 7.78. The van der Waals surface area contributed by atoms with Crippen molar-refractivity contribution < 1.29 is 4.42 Å². The van der Waals surface area contributed by atoms with Gasteiger partial charge in [0.15, 0.2) is 5.58 Å². The first-order valence-corrected chi connectivity index (χ1v) is 6.13. The molecule has 19 heavy (non-hydrogen) atoms. The van der Waals surface area contributed by atoms with Crippen molar-refractivity contribution in [3.8, 4) is 11.3 Å². The van der Waals surface area contributed by atoms with E-state index in [1.165, 1.54) is 5.56 Å². The zero-order valence-electron chi connectivity index (χ0n) is 10.8. The van der Waals surface area contributed by atoms with Crippen molar-refractivity contribution >= 4 is 11.1 Å². The van der Waals surface area contributed by atoms with Crippen molar-refractivity contribution in [2.24, 2.45) is 0 Å². The van der Waals surface area contributed by atoms with Gasteiger partial charge in [-0.1, -0.05) is 6.07 Å². The maximum atomic E-state index is 11.1. The highest BCUT2D eigenvalue weighted by molar-refractivity contribution is 5.79. The maximum Gasteiger partial charge on any atom is 0.417 e. The zero-order chi connectivity index (χ0) is 13.4. The number of aromatic amines is 2. The molecule has 0 saturated heterocycles. The number of nitrogens with one attached hydrogen (secondary N) is 3. The van der Waals surface area contributed by atoms with Crippen LogP contribution in [0, 0.1) is 6.92 Å². The van der Waals surface area contributed by atoms with E-state index >= 15 is 0 Å². The van der Waals surface area contributed by atoms with E-state index < -0.39 is 5.76 Å². The summed E-state index contributed by atoms with van der Waals surface area (Å²) < 4.78 is 5.08. The standard InChI is InChI=1S/C14H15N3O2/c1-8-10(7-15-2)5-12(16-8)9-3-4-11-13(6-9)19-14(18)17-11/h3-6,15-16H,7H2,1-2H3,(H,17,18). The number of benzene rings is 1. The lowest BCUT2D eigenvalue weighted by atomic mass is 10.1. The Balaban J connectivity index is 2.07. The second kappa shape index (κ2) is 4.44. The second-order valence-corrected chi connectivity index (χ2v) is 4.59. The summed E-state index contributed by atoms with van der Waals surface area (Å²) in [6.45, 7) is 2.87. The Morgan fingerprint density at radius 2 is 2.11 bits per heavy atom. The molecule has 0 radical (unpaired) electrons. The van der Waals surface area contributed by atoms with Gasteiger partial charge in [0.25, 0.3) is 0 Å². The lowest BCUT2D eigenvalue weighted by molar-refractivity contribution is 0.555. The third-order valence-corrected chi connectivity index (χ3v) is 3.22. The van der Waals surface area contributed by atoms with Crippen LogP contribution in [-0.4, -0.2) is 17.0 Å². The highest BCUT2D eigenvalue weighted by atomic mass is 16.4. The first-order chi connectivity index (χ1) is 9.17. The minimum absolute atomic E-state index is 0.425. The SMILES string of the molecule is CNCc1cc(-c2ccc3[nH]c(=O)oc3c2)[nH]c1C. The number of aryl methyl sites for hydroxylation is 1. The third kappa shape index (κ3) is 2.08. The van der Waals surface area contributed by atoms with Crippen LogP contribution in [0.15, 0.2) is 33.5 Å². The van der Waals surface area contributed by atoms with Gasteiger partial charge in [0.2, 0.25) is 0 Å². The van der Waals surface area contributed by atoms with Gasteiger partial charge in [-0.15, -0.1) is 0 Å². The Morgan fingerprint density at radius 1 is 1.26 bits per heavy atom. The van der Waals surface area contributed by atoms with Gasteiger partial charge in [-0.2, -0.15) is 0 Å². The molecule has 1 aromatic carbocycles. The molecule has 5 heteroatoms. The van der Waals surface area contributed by atoms with Crippen molar-refractivity contribution in [3.63, 3.8) is 0 Å². The minimum Gasteiger partial charge on any atom is -0.408 e. The molecule has 0 bridgehead atoms. The van der Waals surface area contributed by atoms with E-state index in [1.807, 2.05) is 32.2 Å². The van der Waals surface area contributed by atoms with Crippen LogP contribution >= 0.6 is 0 Å². The molecule has 2 aromatic heterocycles. The van der Waals surface area contributed by atoms with Gasteiger partial charge in [0.05, 0.1) is 5.52 Å². The first kappa shape index (κ1) is 11.8. The molecule has 0 saturated carbocycles. The number of aromatic nitrogens is 2. The molecule has 0 aliphatic heterocycles. The molecule has 98 valence electrons. The summed E-state index contributed by atoms with van der Waals surface area (Å²) in [5.41, 5.74) is 5.68. The van der Waals surface area contributed by atoms with Crippen LogP contribution in [0.2, 0.25) is 0 Å². The van der Waals surface area contributed by atoms with Crippen molar-refractivity contribution in [3.05, 3.63) is 46.1 Å². The summed E-state index contributed by atoms with van der Waals surface area (Å²) >= 11 is 0. The monoisotopic (exact) mass is 257 g/mol. The molecule has 0 amide bonds. The third-order valence-electron chi connectivity index (χ3n) is 3.22. The summed E-state index contributed by atoms with van der Waals surface area (Å²) in [4.78, 5) is 17.1. The average molecular weight is 257 g/mol. The van der Waals surface area contributed by atoms with Gasteiger partial charge in [0.1, 0.15) is 0 Å². The lowest BCUT2D eigenvalue weighted by Crippen LogP contribution is -2.04. The normalized spacial score (nSPS) is 11.3. The van der Waals surface area contributed by atoms with Gasteiger partial charge in [-0.3, -0.25) is 4.98 Å². The topological polar surface area (TPSA) is 73.8 Å². The predicted octanol–water partition coefficient (Wildman–Crippen LogP) is 2.14. The molecule has 0 fully saturated rings. The smallest absolute Gasteiger partial charge is 0.408 e. The van der Waals surface area contributed by atoms with Crippen LogP contribution in [0.3, 0.4) is 0 Å². The molecule has 0 spiro atoms. The van der Waals surface area contributed by atoms with Crippen molar-refractivity contribution in [2.45, 2.75) is 13.5 Å².